The van der Waals surface area contributed by atoms with Gasteiger partial charge in [-0.25, -0.2) is 0 Å². The summed E-state index contributed by atoms with van der Waals surface area (Å²) in [6.07, 6.45) is 2.91. The zero-order chi connectivity index (χ0) is 12.3. The molecule has 1 N–H and O–H groups in total. The number of hydrogen-bond donors (Lipinski definition) is 1. The highest BCUT2D eigenvalue weighted by Gasteiger charge is 2.17. The number of thiazole rings is 1. The minimum Gasteiger partial charge on any atom is -0.466 e. The van der Waals surface area contributed by atoms with Gasteiger partial charge >= 0.3 is 0 Å². The predicted octanol–water partition coefficient (Wildman–Crippen LogP) is 3.25. The van der Waals surface area contributed by atoms with E-state index in [-0.39, 0.29) is 0 Å². The third-order valence-corrected chi connectivity index (χ3v) is 3.60. The second-order valence-corrected chi connectivity index (χ2v) is 5.12. The third kappa shape index (κ3) is 2.96. The van der Waals surface area contributed by atoms with Crippen LogP contribution >= 0.6 is 11.3 Å². The SMILES string of the molecule is CCNC(Cc1cncs1)c1cc(C)oc1C. The van der Waals surface area contributed by atoms with Crippen LogP contribution in [0.5, 0.6) is 0 Å². The van der Waals surface area contributed by atoms with Crippen molar-refractivity contribution in [2.75, 3.05) is 6.54 Å². The molecule has 2 aromatic rings. The van der Waals surface area contributed by atoms with Crippen molar-refractivity contribution in [3.8, 4) is 0 Å². The first-order valence-electron chi connectivity index (χ1n) is 5.88. The third-order valence-electron chi connectivity index (χ3n) is 2.79. The molecule has 0 amide bonds. The van der Waals surface area contributed by atoms with E-state index in [9.17, 15) is 0 Å². The Morgan fingerprint density at radius 1 is 1.47 bits per heavy atom. The monoisotopic (exact) mass is 250 g/mol. The summed E-state index contributed by atoms with van der Waals surface area (Å²) in [5.74, 6) is 1.99. The van der Waals surface area contributed by atoms with Gasteiger partial charge in [0.15, 0.2) is 0 Å². The lowest BCUT2D eigenvalue weighted by atomic mass is 10.0. The van der Waals surface area contributed by atoms with Crippen LogP contribution < -0.4 is 5.32 Å². The molecule has 1 unspecified atom stereocenters. The van der Waals surface area contributed by atoms with Gasteiger partial charge in [-0.15, -0.1) is 11.3 Å². The standard InChI is InChI=1S/C13H18N2OS/c1-4-15-13(6-11-7-14-8-17-11)12-5-9(2)16-10(12)3/h5,7-8,13,15H,4,6H2,1-3H3. The Labute approximate surface area is 106 Å². The zero-order valence-electron chi connectivity index (χ0n) is 10.5. The number of hydrogen-bond acceptors (Lipinski definition) is 4. The molecule has 0 aliphatic rings. The molecule has 0 saturated carbocycles. The predicted molar refractivity (Wildman–Crippen MR) is 70.4 cm³/mol. The fraction of sp³-hybridized carbons (Fsp3) is 0.462. The summed E-state index contributed by atoms with van der Waals surface area (Å²) in [5, 5.41) is 3.51. The zero-order valence-corrected chi connectivity index (χ0v) is 11.3. The Morgan fingerprint density at radius 3 is 2.82 bits per heavy atom. The second kappa shape index (κ2) is 5.47. The molecule has 0 aliphatic heterocycles. The summed E-state index contributed by atoms with van der Waals surface area (Å²) >= 11 is 1.70. The van der Waals surface area contributed by atoms with Gasteiger partial charge in [0.2, 0.25) is 0 Å². The molecular weight excluding hydrogens is 232 g/mol. The largest absolute Gasteiger partial charge is 0.466 e. The molecule has 0 aliphatic carbocycles. The van der Waals surface area contributed by atoms with E-state index >= 15 is 0 Å². The molecule has 0 aromatic carbocycles. The van der Waals surface area contributed by atoms with Crippen LogP contribution in [0.1, 0.15) is 34.9 Å². The number of likely N-dealkylation sites (N-methyl/N-ethyl adjacent to an activating group) is 1. The minimum absolute atomic E-state index is 0.317. The molecule has 92 valence electrons. The van der Waals surface area contributed by atoms with Crippen molar-refractivity contribution in [3.05, 3.63) is 39.7 Å². The lowest BCUT2D eigenvalue weighted by molar-refractivity contribution is 0.485. The quantitative estimate of drug-likeness (QED) is 0.885. The molecule has 2 aromatic heterocycles. The molecule has 2 rings (SSSR count). The van der Waals surface area contributed by atoms with E-state index in [0.717, 1.165) is 24.5 Å². The number of aromatic nitrogens is 1. The van der Waals surface area contributed by atoms with Gasteiger partial charge in [-0.2, -0.15) is 0 Å². The number of nitrogens with one attached hydrogen (secondary N) is 1. The van der Waals surface area contributed by atoms with Gasteiger partial charge in [0.25, 0.3) is 0 Å². The molecule has 17 heavy (non-hydrogen) atoms. The topological polar surface area (TPSA) is 38.1 Å². The minimum atomic E-state index is 0.317. The molecular formula is C13H18N2OS. The molecule has 4 heteroatoms. The van der Waals surface area contributed by atoms with Crippen molar-refractivity contribution in [1.29, 1.82) is 0 Å². The maximum Gasteiger partial charge on any atom is 0.105 e. The molecule has 3 nitrogen and oxygen atoms in total. The van der Waals surface area contributed by atoms with E-state index in [2.05, 4.69) is 23.3 Å². The molecule has 1 atom stereocenters. The van der Waals surface area contributed by atoms with Gasteiger partial charge in [0, 0.05) is 29.1 Å². The first-order chi connectivity index (χ1) is 8.20. The van der Waals surface area contributed by atoms with E-state index in [1.807, 2.05) is 25.6 Å². The van der Waals surface area contributed by atoms with E-state index in [4.69, 9.17) is 4.42 Å². The summed E-state index contributed by atoms with van der Waals surface area (Å²) in [4.78, 5) is 5.42. The maximum atomic E-state index is 5.61. The normalized spacial score (nSPS) is 12.9. The van der Waals surface area contributed by atoms with Gasteiger partial charge in [-0.05, 0) is 26.5 Å². The highest BCUT2D eigenvalue weighted by atomic mass is 32.1. The second-order valence-electron chi connectivity index (χ2n) is 4.15. The Hall–Kier alpha value is -1.13. The van der Waals surface area contributed by atoms with Gasteiger partial charge in [-0.3, -0.25) is 4.98 Å². The van der Waals surface area contributed by atoms with Crippen molar-refractivity contribution in [2.24, 2.45) is 0 Å². The van der Waals surface area contributed by atoms with Gasteiger partial charge < -0.3 is 9.73 Å². The fourth-order valence-electron chi connectivity index (χ4n) is 2.08. The number of aryl methyl sites for hydroxylation is 2. The fourth-order valence-corrected chi connectivity index (χ4v) is 2.72. The van der Waals surface area contributed by atoms with Crippen LogP contribution in [0.25, 0.3) is 0 Å². The highest BCUT2D eigenvalue weighted by molar-refractivity contribution is 7.09. The van der Waals surface area contributed by atoms with Crippen LogP contribution in [0.4, 0.5) is 0 Å². The molecule has 0 bridgehead atoms. The highest BCUT2D eigenvalue weighted by Crippen LogP contribution is 2.25. The van der Waals surface area contributed by atoms with E-state index in [0.29, 0.717) is 6.04 Å². The van der Waals surface area contributed by atoms with Crippen LogP contribution in [-0.4, -0.2) is 11.5 Å². The van der Waals surface area contributed by atoms with E-state index in [1.165, 1.54) is 10.4 Å². The van der Waals surface area contributed by atoms with Crippen molar-refractivity contribution in [1.82, 2.24) is 10.3 Å². The van der Waals surface area contributed by atoms with Crippen molar-refractivity contribution in [3.63, 3.8) is 0 Å². The summed E-state index contributed by atoms with van der Waals surface area (Å²) in [5.41, 5.74) is 3.14. The molecule has 0 spiro atoms. The Bertz CT molecular complexity index is 462. The smallest absolute Gasteiger partial charge is 0.105 e. The van der Waals surface area contributed by atoms with Gasteiger partial charge in [0.1, 0.15) is 11.5 Å². The van der Waals surface area contributed by atoms with Gasteiger partial charge in [-0.1, -0.05) is 6.92 Å². The lowest BCUT2D eigenvalue weighted by Gasteiger charge is -2.16. The van der Waals surface area contributed by atoms with Crippen molar-refractivity contribution >= 4 is 11.3 Å². The summed E-state index contributed by atoms with van der Waals surface area (Å²) < 4.78 is 5.61. The van der Waals surface area contributed by atoms with Crippen LogP contribution in [0.2, 0.25) is 0 Å². The summed E-state index contributed by atoms with van der Waals surface area (Å²) in [7, 11) is 0. The molecule has 0 radical (unpaired) electrons. The lowest BCUT2D eigenvalue weighted by Crippen LogP contribution is -2.22. The average molecular weight is 250 g/mol. The Balaban J connectivity index is 2.19. The van der Waals surface area contributed by atoms with Crippen LogP contribution in [-0.2, 0) is 6.42 Å². The molecule has 2 heterocycles. The van der Waals surface area contributed by atoms with Crippen molar-refractivity contribution in [2.45, 2.75) is 33.2 Å². The first kappa shape index (κ1) is 12.3. The summed E-state index contributed by atoms with van der Waals surface area (Å²) in [6.45, 7) is 7.10. The van der Waals surface area contributed by atoms with Crippen molar-refractivity contribution < 1.29 is 4.42 Å². The van der Waals surface area contributed by atoms with Gasteiger partial charge in [0.05, 0.1) is 5.51 Å². The number of furan rings is 1. The first-order valence-corrected chi connectivity index (χ1v) is 6.76. The van der Waals surface area contributed by atoms with E-state index < -0.39 is 0 Å². The number of rotatable bonds is 5. The van der Waals surface area contributed by atoms with Crippen LogP contribution in [0, 0.1) is 13.8 Å². The number of nitrogens with zero attached hydrogens (tertiary/aromatic N) is 1. The molecule has 0 fully saturated rings. The Kier molecular flexibility index (Phi) is 3.97. The van der Waals surface area contributed by atoms with Crippen LogP contribution in [0.3, 0.4) is 0 Å². The maximum absolute atomic E-state index is 5.61. The molecule has 0 saturated heterocycles. The van der Waals surface area contributed by atoms with E-state index in [1.54, 1.807) is 11.3 Å². The Morgan fingerprint density at radius 2 is 2.29 bits per heavy atom. The average Bonchev–Trinajstić information content (AvgIpc) is 2.88. The van der Waals surface area contributed by atoms with Crippen LogP contribution in [0.15, 0.2) is 22.2 Å². The summed E-state index contributed by atoms with van der Waals surface area (Å²) in [6, 6.07) is 2.45.